The van der Waals surface area contributed by atoms with Gasteiger partial charge in [-0.05, 0) is 60.4 Å². The molecule has 0 atom stereocenters. The van der Waals surface area contributed by atoms with Gasteiger partial charge in [0.25, 0.3) is 10.0 Å². The first-order valence-corrected chi connectivity index (χ1v) is 10.7. The van der Waals surface area contributed by atoms with Crippen LogP contribution in [0.2, 0.25) is 5.02 Å². The molecule has 7 heteroatoms. The van der Waals surface area contributed by atoms with Crippen molar-refractivity contribution in [3.63, 3.8) is 0 Å². The van der Waals surface area contributed by atoms with Crippen molar-refractivity contribution < 1.29 is 17.9 Å². The van der Waals surface area contributed by atoms with Crippen LogP contribution in [-0.2, 0) is 14.8 Å². The molecule has 0 spiro atoms. The number of carbonyl (C=O) groups excluding carboxylic acids is 1. The SMILES string of the molecule is CC(=O)Oc1ccc(-c2ccccc2)cc1NS(=O)(=O)c1cc(C)c(Cl)cc1C. The van der Waals surface area contributed by atoms with Crippen molar-refractivity contribution in [3.8, 4) is 16.9 Å². The minimum atomic E-state index is -3.94. The highest BCUT2D eigenvalue weighted by Crippen LogP contribution is 2.33. The first-order valence-electron chi connectivity index (χ1n) is 8.85. The molecule has 1 N–H and O–H groups in total. The van der Waals surface area contributed by atoms with Gasteiger partial charge < -0.3 is 4.74 Å². The number of halogens is 1. The minimum Gasteiger partial charge on any atom is -0.424 e. The molecule has 0 aromatic heterocycles. The summed E-state index contributed by atoms with van der Waals surface area (Å²) in [6.45, 7) is 4.67. The van der Waals surface area contributed by atoms with Crippen LogP contribution in [0.25, 0.3) is 11.1 Å². The Morgan fingerprint density at radius 3 is 2.28 bits per heavy atom. The number of nitrogens with one attached hydrogen (secondary N) is 1. The van der Waals surface area contributed by atoms with Gasteiger partial charge in [0.1, 0.15) is 0 Å². The van der Waals surface area contributed by atoms with E-state index in [1.54, 1.807) is 38.1 Å². The smallest absolute Gasteiger partial charge is 0.308 e. The molecule has 0 aliphatic carbocycles. The molecule has 0 aliphatic rings. The number of ether oxygens (including phenoxy) is 1. The molecule has 29 heavy (non-hydrogen) atoms. The summed E-state index contributed by atoms with van der Waals surface area (Å²) in [5.74, 6) is -0.416. The van der Waals surface area contributed by atoms with E-state index in [4.69, 9.17) is 16.3 Å². The Bertz CT molecular complexity index is 1170. The molecule has 0 saturated carbocycles. The number of aryl methyl sites for hydroxylation is 2. The maximum atomic E-state index is 13.1. The molecule has 3 rings (SSSR count). The van der Waals surface area contributed by atoms with E-state index in [1.807, 2.05) is 30.3 Å². The molecule has 3 aromatic carbocycles. The molecule has 0 saturated heterocycles. The largest absolute Gasteiger partial charge is 0.424 e. The van der Waals surface area contributed by atoms with Crippen LogP contribution in [0.4, 0.5) is 5.69 Å². The molecule has 0 fully saturated rings. The molecule has 5 nitrogen and oxygen atoms in total. The molecular weight excluding hydrogens is 410 g/mol. The fourth-order valence-corrected chi connectivity index (χ4v) is 4.50. The van der Waals surface area contributed by atoms with Crippen molar-refractivity contribution in [2.45, 2.75) is 25.7 Å². The summed E-state index contributed by atoms with van der Waals surface area (Å²) in [4.78, 5) is 11.6. The molecule has 0 bridgehead atoms. The monoisotopic (exact) mass is 429 g/mol. The average molecular weight is 430 g/mol. The molecule has 3 aromatic rings. The third-order valence-corrected chi connectivity index (χ3v) is 6.25. The maximum Gasteiger partial charge on any atom is 0.308 e. The van der Waals surface area contributed by atoms with Gasteiger partial charge in [-0.3, -0.25) is 9.52 Å². The highest BCUT2D eigenvalue weighted by molar-refractivity contribution is 7.92. The summed E-state index contributed by atoms with van der Waals surface area (Å²) in [5, 5.41) is 0.494. The highest BCUT2D eigenvalue weighted by atomic mass is 35.5. The number of esters is 1. The fourth-order valence-electron chi connectivity index (χ4n) is 2.91. The van der Waals surface area contributed by atoms with Gasteiger partial charge in [-0.25, -0.2) is 8.42 Å². The van der Waals surface area contributed by atoms with E-state index in [9.17, 15) is 13.2 Å². The fraction of sp³-hybridized carbons (Fsp3) is 0.136. The van der Waals surface area contributed by atoms with Gasteiger partial charge in [-0.1, -0.05) is 48.0 Å². The third kappa shape index (κ3) is 4.78. The van der Waals surface area contributed by atoms with Crippen LogP contribution in [0.5, 0.6) is 5.75 Å². The lowest BCUT2D eigenvalue weighted by Gasteiger charge is -2.16. The van der Waals surface area contributed by atoms with Gasteiger partial charge in [-0.15, -0.1) is 0 Å². The predicted molar refractivity (Wildman–Crippen MR) is 115 cm³/mol. The Kier molecular flexibility index (Phi) is 5.96. The van der Waals surface area contributed by atoms with E-state index in [-0.39, 0.29) is 16.3 Å². The van der Waals surface area contributed by atoms with Crippen LogP contribution < -0.4 is 9.46 Å². The molecule has 150 valence electrons. The zero-order chi connectivity index (χ0) is 21.2. The van der Waals surface area contributed by atoms with E-state index in [0.717, 1.165) is 11.1 Å². The predicted octanol–water partition coefficient (Wildman–Crippen LogP) is 5.35. The van der Waals surface area contributed by atoms with Gasteiger partial charge >= 0.3 is 5.97 Å². The van der Waals surface area contributed by atoms with E-state index >= 15 is 0 Å². The lowest BCUT2D eigenvalue weighted by Crippen LogP contribution is -2.16. The number of carbonyl (C=O) groups is 1. The zero-order valence-corrected chi connectivity index (χ0v) is 17.8. The molecule has 0 heterocycles. The highest BCUT2D eigenvalue weighted by Gasteiger charge is 2.21. The summed E-state index contributed by atoms with van der Waals surface area (Å²) in [7, 11) is -3.94. The maximum absolute atomic E-state index is 13.1. The molecule has 0 unspecified atom stereocenters. The Morgan fingerprint density at radius 1 is 0.931 bits per heavy atom. The van der Waals surface area contributed by atoms with E-state index in [0.29, 0.717) is 16.1 Å². The molecule has 0 aliphatic heterocycles. The van der Waals surface area contributed by atoms with Gasteiger partial charge in [0.05, 0.1) is 10.6 Å². The van der Waals surface area contributed by atoms with Crippen LogP contribution in [0.3, 0.4) is 0 Å². The Labute approximate surface area is 175 Å². The number of sulfonamides is 1. The van der Waals surface area contributed by atoms with Crippen LogP contribution in [0, 0.1) is 13.8 Å². The number of anilines is 1. The summed E-state index contributed by atoms with van der Waals surface area (Å²) in [6, 6.07) is 17.6. The van der Waals surface area contributed by atoms with E-state index < -0.39 is 16.0 Å². The van der Waals surface area contributed by atoms with E-state index in [1.165, 1.54) is 13.0 Å². The van der Waals surface area contributed by atoms with Crippen molar-refractivity contribution in [2.24, 2.45) is 0 Å². The van der Waals surface area contributed by atoms with Crippen molar-refractivity contribution >= 4 is 33.3 Å². The van der Waals surface area contributed by atoms with Crippen molar-refractivity contribution in [2.75, 3.05) is 4.72 Å². The van der Waals surface area contributed by atoms with Crippen LogP contribution >= 0.6 is 11.6 Å². The summed E-state index contributed by atoms with van der Waals surface area (Å²) >= 11 is 6.09. The number of benzene rings is 3. The summed E-state index contributed by atoms with van der Waals surface area (Å²) < 4.78 is 33.9. The van der Waals surface area contributed by atoms with Gasteiger partial charge in [-0.2, -0.15) is 0 Å². The average Bonchev–Trinajstić information content (AvgIpc) is 2.66. The second-order valence-electron chi connectivity index (χ2n) is 6.64. The number of hydrogen-bond donors (Lipinski definition) is 1. The Morgan fingerprint density at radius 2 is 1.62 bits per heavy atom. The van der Waals surface area contributed by atoms with Crippen molar-refractivity contribution in [1.29, 1.82) is 0 Å². The molecule has 0 amide bonds. The summed E-state index contributed by atoms with van der Waals surface area (Å²) in [6.07, 6.45) is 0. The standard InChI is InChI=1S/C22H20ClNO4S/c1-14-12-22(15(2)11-19(14)23)29(26,27)24-20-13-18(17-7-5-4-6-8-17)9-10-21(20)28-16(3)25/h4-13,24H,1-3H3. The normalized spacial score (nSPS) is 11.2. The van der Waals surface area contributed by atoms with E-state index in [2.05, 4.69) is 4.72 Å². The number of rotatable bonds is 5. The van der Waals surface area contributed by atoms with Crippen molar-refractivity contribution in [1.82, 2.24) is 0 Å². The Balaban J connectivity index is 2.08. The minimum absolute atomic E-state index is 0.110. The quantitative estimate of drug-likeness (QED) is 0.438. The summed E-state index contributed by atoms with van der Waals surface area (Å²) in [5.41, 5.74) is 3.02. The molecule has 0 radical (unpaired) electrons. The van der Waals surface area contributed by atoms with Crippen molar-refractivity contribution in [3.05, 3.63) is 76.8 Å². The Hall–Kier alpha value is -2.83. The second kappa shape index (κ2) is 8.27. The van der Waals surface area contributed by atoms with Gasteiger partial charge in [0.2, 0.25) is 0 Å². The first-order chi connectivity index (χ1) is 13.7. The lowest BCUT2D eigenvalue weighted by atomic mass is 10.1. The van der Waals surface area contributed by atoms with Crippen LogP contribution in [0.1, 0.15) is 18.1 Å². The third-order valence-electron chi connectivity index (χ3n) is 4.33. The first kappa shape index (κ1) is 20.9. The van der Waals surface area contributed by atoms with Gasteiger partial charge in [0, 0.05) is 11.9 Å². The lowest BCUT2D eigenvalue weighted by molar-refractivity contribution is -0.131. The number of hydrogen-bond acceptors (Lipinski definition) is 4. The van der Waals surface area contributed by atoms with Gasteiger partial charge in [0.15, 0.2) is 5.75 Å². The van der Waals surface area contributed by atoms with Crippen LogP contribution in [0.15, 0.2) is 65.6 Å². The topological polar surface area (TPSA) is 72.5 Å². The zero-order valence-electron chi connectivity index (χ0n) is 16.2. The molecular formula is C22H20ClNO4S. The second-order valence-corrected chi connectivity index (χ2v) is 8.70. The van der Waals surface area contributed by atoms with Crippen LogP contribution in [-0.4, -0.2) is 14.4 Å².